The predicted molar refractivity (Wildman–Crippen MR) is 105 cm³/mol. The predicted octanol–water partition coefficient (Wildman–Crippen LogP) is 6.23. The first-order valence-corrected chi connectivity index (χ1v) is 9.06. The van der Waals surface area contributed by atoms with Crippen molar-refractivity contribution in [1.29, 1.82) is 0 Å². The van der Waals surface area contributed by atoms with Gasteiger partial charge in [0.25, 0.3) is 0 Å². The Balaban J connectivity index is 2.05. The minimum absolute atomic E-state index is 0.00605. The first-order valence-electron chi connectivity index (χ1n) is 9.06. The van der Waals surface area contributed by atoms with E-state index in [4.69, 9.17) is 4.42 Å². The van der Waals surface area contributed by atoms with Gasteiger partial charge >= 0.3 is 0 Å². The first-order chi connectivity index (χ1) is 12.3. The van der Waals surface area contributed by atoms with Crippen LogP contribution in [0.5, 0.6) is 11.5 Å². The van der Waals surface area contributed by atoms with Crippen LogP contribution in [0.15, 0.2) is 39.8 Å². The topological polar surface area (TPSA) is 70.7 Å². The van der Waals surface area contributed by atoms with Gasteiger partial charge in [-0.25, -0.2) is 0 Å². The molecule has 140 valence electrons. The lowest BCUT2D eigenvalue weighted by molar-refractivity contribution is 0.112. The summed E-state index contributed by atoms with van der Waals surface area (Å²) in [6.45, 7) is 8.46. The highest BCUT2D eigenvalue weighted by molar-refractivity contribution is 5.99. The van der Waals surface area contributed by atoms with Crippen molar-refractivity contribution in [3.05, 3.63) is 46.8 Å². The zero-order valence-corrected chi connectivity index (χ0v) is 16.0. The third-order valence-electron chi connectivity index (χ3n) is 4.60. The fourth-order valence-corrected chi connectivity index (χ4v) is 2.97. The van der Waals surface area contributed by atoms with Crippen molar-refractivity contribution in [3.8, 4) is 11.5 Å². The summed E-state index contributed by atoms with van der Waals surface area (Å²) in [7, 11) is 0. The van der Waals surface area contributed by atoms with E-state index in [-0.39, 0.29) is 17.2 Å². The molecule has 2 N–H and O–H groups in total. The molecule has 1 aromatic heterocycles. The van der Waals surface area contributed by atoms with E-state index in [1.807, 2.05) is 6.07 Å². The van der Waals surface area contributed by atoms with Gasteiger partial charge in [-0.2, -0.15) is 0 Å². The quantitative estimate of drug-likeness (QED) is 0.334. The van der Waals surface area contributed by atoms with Crippen LogP contribution < -0.4 is 0 Å². The molecular formula is C22H28O4. The average molecular weight is 356 g/mol. The largest absolute Gasteiger partial charge is 0.504 e. The Morgan fingerprint density at radius 1 is 1.15 bits per heavy atom. The van der Waals surface area contributed by atoms with Gasteiger partial charge in [-0.3, -0.25) is 4.79 Å². The highest BCUT2D eigenvalue weighted by Crippen LogP contribution is 2.38. The van der Waals surface area contributed by atoms with Crippen molar-refractivity contribution in [2.75, 3.05) is 0 Å². The van der Waals surface area contributed by atoms with Gasteiger partial charge in [-0.05, 0) is 58.6 Å². The van der Waals surface area contributed by atoms with Crippen molar-refractivity contribution in [2.45, 2.75) is 59.3 Å². The number of aromatic hydroxyl groups is 2. The maximum absolute atomic E-state index is 11.2. The molecule has 0 fully saturated rings. The van der Waals surface area contributed by atoms with E-state index in [9.17, 15) is 15.0 Å². The summed E-state index contributed by atoms with van der Waals surface area (Å²) < 4.78 is 5.81. The molecule has 0 radical (unpaired) electrons. The number of phenols is 2. The Morgan fingerprint density at radius 2 is 1.88 bits per heavy atom. The van der Waals surface area contributed by atoms with E-state index in [2.05, 4.69) is 39.8 Å². The molecule has 26 heavy (non-hydrogen) atoms. The van der Waals surface area contributed by atoms with E-state index < -0.39 is 5.75 Å². The highest BCUT2D eigenvalue weighted by Gasteiger charge is 2.18. The number of fused-ring (bicyclic) bond motifs is 1. The van der Waals surface area contributed by atoms with Crippen LogP contribution in [0.3, 0.4) is 0 Å². The molecule has 1 aromatic carbocycles. The summed E-state index contributed by atoms with van der Waals surface area (Å²) in [6, 6.07) is 3.25. The Bertz CT molecular complexity index is 835. The normalized spacial score (nSPS) is 13.0. The summed E-state index contributed by atoms with van der Waals surface area (Å²) in [5, 5.41) is 20.1. The molecule has 1 atom stereocenters. The zero-order chi connectivity index (χ0) is 19.3. The zero-order valence-electron chi connectivity index (χ0n) is 16.0. The fraction of sp³-hybridized carbons (Fsp3) is 0.409. The van der Waals surface area contributed by atoms with Crippen molar-refractivity contribution in [3.63, 3.8) is 0 Å². The number of phenolic OH excluding ortho intramolecular Hbond substituents is 2. The Kier molecular flexibility index (Phi) is 6.67. The Hall–Kier alpha value is -2.49. The van der Waals surface area contributed by atoms with Crippen LogP contribution in [0.25, 0.3) is 11.0 Å². The fourth-order valence-electron chi connectivity index (χ4n) is 2.97. The molecule has 0 saturated carbocycles. The van der Waals surface area contributed by atoms with E-state index >= 15 is 0 Å². The Morgan fingerprint density at radius 3 is 2.54 bits per heavy atom. The minimum Gasteiger partial charge on any atom is -0.504 e. The summed E-state index contributed by atoms with van der Waals surface area (Å²) in [6.07, 6.45) is 9.06. The van der Waals surface area contributed by atoms with E-state index in [1.165, 1.54) is 17.2 Å². The number of rotatable bonds is 8. The van der Waals surface area contributed by atoms with E-state index in [1.54, 1.807) is 0 Å². The van der Waals surface area contributed by atoms with Gasteiger partial charge in [-0.1, -0.05) is 30.2 Å². The third-order valence-corrected chi connectivity index (χ3v) is 4.60. The van der Waals surface area contributed by atoms with Gasteiger partial charge in [0.15, 0.2) is 17.8 Å². The number of carbonyl (C=O) groups is 1. The van der Waals surface area contributed by atoms with Crippen LogP contribution in [-0.2, 0) is 0 Å². The lowest BCUT2D eigenvalue weighted by Crippen LogP contribution is -1.90. The smallest absolute Gasteiger partial charge is 0.172 e. The summed E-state index contributed by atoms with van der Waals surface area (Å²) in [5.41, 5.74) is 3.06. The minimum atomic E-state index is -0.434. The number of furan rings is 1. The lowest BCUT2D eigenvalue weighted by atomic mass is 10.0. The molecule has 4 heteroatoms. The molecule has 0 aliphatic rings. The molecular weight excluding hydrogens is 328 g/mol. The van der Waals surface area contributed by atoms with Crippen molar-refractivity contribution < 1.29 is 19.4 Å². The summed E-state index contributed by atoms with van der Waals surface area (Å²) in [4.78, 5) is 11.2. The molecule has 1 heterocycles. The standard InChI is InChI=1S/C22H28O4/c1-14(2)7-5-8-15(3)9-6-10-16(4)20-12-17-11-19(24)21(25)18(13-23)22(17)26-20/h7,9,11-13,16,24-25H,5-6,8,10H2,1-4H3/b15-9+/t16-/m1/s1. The third kappa shape index (κ3) is 4.78. The van der Waals surface area contributed by atoms with Crippen molar-refractivity contribution >= 4 is 17.3 Å². The number of carbonyl (C=O) groups excluding carboxylic acids is 1. The number of allylic oxidation sites excluding steroid dienone is 4. The van der Waals surface area contributed by atoms with Gasteiger partial charge in [0, 0.05) is 11.3 Å². The SMILES string of the molecule is CC(C)=CCC/C(C)=C/CC[C@@H](C)c1cc2cc(O)c(O)c(C=O)c2o1. The van der Waals surface area contributed by atoms with Gasteiger partial charge in [0.2, 0.25) is 0 Å². The van der Waals surface area contributed by atoms with Gasteiger partial charge in [0.1, 0.15) is 16.9 Å². The van der Waals surface area contributed by atoms with E-state index in [0.29, 0.717) is 17.3 Å². The second-order valence-electron chi connectivity index (χ2n) is 7.19. The lowest BCUT2D eigenvalue weighted by Gasteiger charge is -2.07. The van der Waals surface area contributed by atoms with Crippen LogP contribution in [-0.4, -0.2) is 16.5 Å². The molecule has 2 rings (SSSR count). The van der Waals surface area contributed by atoms with Gasteiger partial charge < -0.3 is 14.6 Å². The molecule has 0 amide bonds. The second kappa shape index (κ2) is 8.75. The number of aldehydes is 1. The Labute approximate surface area is 154 Å². The molecule has 0 aliphatic carbocycles. The van der Waals surface area contributed by atoms with Crippen LogP contribution in [0.4, 0.5) is 0 Å². The molecule has 0 bridgehead atoms. The average Bonchev–Trinajstić information content (AvgIpc) is 2.99. The molecule has 2 aromatic rings. The van der Waals surface area contributed by atoms with Crippen LogP contribution >= 0.6 is 0 Å². The molecule has 0 unspecified atom stereocenters. The maximum atomic E-state index is 11.2. The maximum Gasteiger partial charge on any atom is 0.172 e. The summed E-state index contributed by atoms with van der Waals surface area (Å²) in [5.74, 6) is 0.183. The molecule has 0 aliphatic heterocycles. The first kappa shape index (κ1) is 19.8. The van der Waals surface area contributed by atoms with Crippen molar-refractivity contribution in [2.24, 2.45) is 0 Å². The van der Waals surface area contributed by atoms with Gasteiger partial charge in [-0.15, -0.1) is 0 Å². The van der Waals surface area contributed by atoms with Gasteiger partial charge in [0.05, 0.1) is 0 Å². The van der Waals surface area contributed by atoms with E-state index in [0.717, 1.165) is 31.4 Å². The molecule has 0 spiro atoms. The second-order valence-corrected chi connectivity index (χ2v) is 7.19. The molecule has 0 saturated heterocycles. The van der Waals surface area contributed by atoms with Crippen molar-refractivity contribution in [1.82, 2.24) is 0 Å². The van der Waals surface area contributed by atoms with Crippen LogP contribution in [0.2, 0.25) is 0 Å². The van der Waals surface area contributed by atoms with Crippen LogP contribution in [0.1, 0.15) is 75.4 Å². The number of hydrogen-bond acceptors (Lipinski definition) is 4. The number of hydrogen-bond donors (Lipinski definition) is 2. The monoisotopic (exact) mass is 356 g/mol. The number of benzene rings is 1. The highest BCUT2D eigenvalue weighted by atomic mass is 16.3. The van der Waals surface area contributed by atoms with Crippen LogP contribution in [0, 0.1) is 0 Å². The summed E-state index contributed by atoms with van der Waals surface area (Å²) >= 11 is 0. The molecule has 4 nitrogen and oxygen atoms in total.